The van der Waals surface area contributed by atoms with E-state index >= 15 is 0 Å². The highest BCUT2D eigenvalue weighted by Crippen LogP contribution is 2.22. The molecule has 0 aliphatic carbocycles. The van der Waals surface area contributed by atoms with Crippen molar-refractivity contribution in [1.29, 1.82) is 0 Å². The number of rotatable bonds is 3. The Morgan fingerprint density at radius 1 is 1.33 bits per heavy atom. The third-order valence-corrected chi connectivity index (χ3v) is 3.27. The van der Waals surface area contributed by atoms with Crippen LogP contribution in [0.1, 0.15) is 12.8 Å². The van der Waals surface area contributed by atoms with Gasteiger partial charge in [0.15, 0.2) is 0 Å². The molecule has 0 bridgehead atoms. The monoisotopic (exact) mass is 263 g/mol. The molecule has 0 saturated carbocycles. The van der Waals surface area contributed by atoms with Gasteiger partial charge in [-0.25, -0.2) is 9.97 Å². The van der Waals surface area contributed by atoms with Gasteiger partial charge < -0.3 is 10.1 Å². The number of hydrogen-bond donors (Lipinski definition) is 1. The van der Waals surface area contributed by atoms with Crippen LogP contribution in [0.15, 0.2) is 24.3 Å². The average Bonchev–Trinajstić information content (AvgIpc) is 2.89. The second-order valence-corrected chi connectivity index (χ2v) is 4.71. The smallest absolute Gasteiger partial charge is 0.224 e. The molecule has 1 N–H and O–H groups in total. The van der Waals surface area contributed by atoms with E-state index in [-0.39, 0.29) is 11.4 Å². The normalized spacial score (nSPS) is 19.3. The summed E-state index contributed by atoms with van der Waals surface area (Å²) >= 11 is 5.93. The maximum Gasteiger partial charge on any atom is 0.224 e. The standard InChI is InChI=1S/C13H14ClN3O/c14-13-16-11-6-2-1-5-10(11)12(17-13)15-8-9-4-3-7-18-9/h1-2,5-6,9H,3-4,7-8H2,(H,15,16,17). The molecule has 94 valence electrons. The Morgan fingerprint density at radius 2 is 2.22 bits per heavy atom. The summed E-state index contributed by atoms with van der Waals surface area (Å²) in [6, 6.07) is 7.83. The van der Waals surface area contributed by atoms with Crippen LogP contribution in [0.5, 0.6) is 0 Å². The van der Waals surface area contributed by atoms with Gasteiger partial charge in [0.2, 0.25) is 5.28 Å². The molecule has 4 nitrogen and oxygen atoms in total. The summed E-state index contributed by atoms with van der Waals surface area (Å²) < 4.78 is 5.58. The Kier molecular flexibility index (Phi) is 3.30. The number of nitrogens with one attached hydrogen (secondary N) is 1. The lowest BCUT2D eigenvalue weighted by molar-refractivity contribution is 0.120. The molecule has 0 amide bonds. The molecule has 5 heteroatoms. The van der Waals surface area contributed by atoms with E-state index in [1.165, 1.54) is 0 Å². The molecule has 0 radical (unpaired) electrons. The summed E-state index contributed by atoms with van der Waals surface area (Å²) in [5.74, 6) is 0.779. The lowest BCUT2D eigenvalue weighted by atomic mass is 10.2. The van der Waals surface area contributed by atoms with Crippen molar-refractivity contribution in [2.75, 3.05) is 18.5 Å². The first-order chi connectivity index (χ1) is 8.83. The highest BCUT2D eigenvalue weighted by molar-refractivity contribution is 6.28. The van der Waals surface area contributed by atoms with E-state index in [9.17, 15) is 0 Å². The van der Waals surface area contributed by atoms with Crippen LogP contribution < -0.4 is 5.32 Å². The van der Waals surface area contributed by atoms with Gasteiger partial charge in [0.1, 0.15) is 5.82 Å². The van der Waals surface area contributed by atoms with E-state index in [0.717, 1.165) is 42.7 Å². The molecule has 3 rings (SSSR count). The highest BCUT2D eigenvalue weighted by Gasteiger charge is 2.16. The van der Waals surface area contributed by atoms with Crippen molar-refractivity contribution >= 4 is 28.3 Å². The van der Waals surface area contributed by atoms with E-state index < -0.39 is 0 Å². The number of anilines is 1. The predicted octanol–water partition coefficient (Wildman–Crippen LogP) is 2.87. The Balaban J connectivity index is 1.85. The van der Waals surface area contributed by atoms with Crippen LogP contribution in [-0.4, -0.2) is 29.2 Å². The Hall–Kier alpha value is -1.39. The number of nitrogens with zero attached hydrogens (tertiary/aromatic N) is 2. The fourth-order valence-corrected chi connectivity index (χ4v) is 2.37. The maximum atomic E-state index is 5.93. The third-order valence-electron chi connectivity index (χ3n) is 3.10. The van der Waals surface area contributed by atoms with Crippen molar-refractivity contribution in [3.63, 3.8) is 0 Å². The molecule has 1 aromatic heterocycles. The summed E-state index contributed by atoms with van der Waals surface area (Å²) in [6.07, 6.45) is 2.51. The molecular formula is C13H14ClN3O. The minimum atomic E-state index is 0.267. The zero-order chi connectivity index (χ0) is 12.4. The molecule has 18 heavy (non-hydrogen) atoms. The van der Waals surface area contributed by atoms with Gasteiger partial charge in [-0.3, -0.25) is 0 Å². The van der Waals surface area contributed by atoms with Crippen LogP contribution in [0.3, 0.4) is 0 Å². The fourth-order valence-electron chi connectivity index (χ4n) is 2.20. The maximum absolute atomic E-state index is 5.93. The van der Waals surface area contributed by atoms with Crippen molar-refractivity contribution in [2.24, 2.45) is 0 Å². The van der Waals surface area contributed by atoms with Crippen molar-refractivity contribution in [2.45, 2.75) is 18.9 Å². The number of ether oxygens (including phenoxy) is 1. The average molecular weight is 264 g/mol. The summed E-state index contributed by atoms with van der Waals surface area (Å²) in [7, 11) is 0. The second-order valence-electron chi connectivity index (χ2n) is 4.37. The molecule has 1 aromatic carbocycles. The van der Waals surface area contributed by atoms with Crippen molar-refractivity contribution < 1.29 is 4.74 Å². The number of fused-ring (bicyclic) bond motifs is 1. The first-order valence-electron chi connectivity index (χ1n) is 6.11. The van der Waals surface area contributed by atoms with Crippen molar-refractivity contribution in [3.8, 4) is 0 Å². The summed E-state index contributed by atoms with van der Waals surface area (Å²) in [4.78, 5) is 8.45. The van der Waals surface area contributed by atoms with Gasteiger partial charge in [0.05, 0.1) is 11.6 Å². The molecular weight excluding hydrogens is 250 g/mol. The number of benzene rings is 1. The van der Waals surface area contributed by atoms with E-state index in [4.69, 9.17) is 16.3 Å². The molecule has 1 unspecified atom stereocenters. The lowest BCUT2D eigenvalue weighted by Crippen LogP contribution is -2.19. The first kappa shape index (κ1) is 11.7. The molecule has 1 aliphatic rings. The van der Waals surface area contributed by atoms with Gasteiger partial charge >= 0.3 is 0 Å². The topological polar surface area (TPSA) is 47.0 Å². The number of para-hydroxylation sites is 1. The minimum Gasteiger partial charge on any atom is -0.376 e. The summed E-state index contributed by atoms with van der Waals surface area (Å²) in [5.41, 5.74) is 0.854. The van der Waals surface area contributed by atoms with Crippen LogP contribution in [0.4, 0.5) is 5.82 Å². The minimum absolute atomic E-state index is 0.267. The zero-order valence-electron chi connectivity index (χ0n) is 9.90. The van der Waals surface area contributed by atoms with Crippen molar-refractivity contribution in [3.05, 3.63) is 29.5 Å². The molecule has 1 fully saturated rings. The highest BCUT2D eigenvalue weighted by atomic mass is 35.5. The number of hydrogen-bond acceptors (Lipinski definition) is 4. The predicted molar refractivity (Wildman–Crippen MR) is 72.0 cm³/mol. The quantitative estimate of drug-likeness (QED) is 0.865. The molecule has 0 spiro atoms. The van der Waals surface area contributed by atoms with Gasteiger partial charge in [-0.05, 0) is 36.6 Å². The van der Waals surface area contributed by atoms with Crippen LogP contribution in [0, 0.1) is 0 Å². The van der Waals surface area contributed by atoms with Crippen LogP contribution in [0.25, 0.3) is 10.9 Å². The van der Waals surface area contributed by atoms with Gasteiger partial charge in [-0.15, -0.1) is 0 Å². The van der Waals surface area contributed by atoms with Gasteiger partial charge in [0, 0.05) is 18.5 Å². The first-order valence-corrected chi connectivity index (χ1v) is 6.48. The SMILES string of the molecule is Clc1nc(NCC2CCCO2)c2ccccc2n1. The van der Waals surface area contributed by atoms with Crippen molar-refractivity contribution in [1.82, 2.24) is 9.97 Å². The summed E-state index contributed by atoms with van der Waals surface area (Å²) in [6.45, 7) is 1.62. The second kappa shape index (κ2) is 5.08. The van der Waals surface area contributed by atoms with Crippen LogP contribution >= 0.6 is 11.6 Å². The summed E-state index contributed by atoms with van der Waals surface area (Å²) in [5, 5.41) is 4.56. The molecule has 1 aliphatic heterocycles. The number of aromatic nitrogens is 2. The Morgan fingerprint density at radius 3 is 3.06 bits per heavy atom. The van der Waals surface area contributed by atoms with Crippen LogP contribution in [0.2, 0.25) is 5.28 Å². The molecule has 1 saturated heterocycles. The molecule has 2 heterocycles. The van der Waals surface area contributed by atoms with Gasteiger partial charge in [-0.1, -0.05) is 12.1 Å². The van der Waals surface area contributed by atoms with E-state index in [1.807, 2.05) is 24.3 Å². The fraction of sp³-hybridized carbons (Fsp3) is 0.385. The van der Waals surface area contributed by atoms with E-state index in [1.54, 1.807) is 0 Å². The van der Waals surface area contributed by atoms with E-state index in [0.29, 0.717) is 0 Å². The van der Waals surface area contributed by atoms with Gasteiger partial charge in [0.25, 0.3) is 0 Å². The largest absolute Gasteiger partial charge is 0.376 e. The third kappa shape index (κ3) is 2.40. The van der Waals surface area contributed by atoms with E-state index in [2.05, 4.69) is 15.3 Å². The van der Waals surface area contributed by atoms with Crippen LogP contribution in [-0.2, 0) is 4.74 Å². The Bertz CT molecular complexity index is 555. The van der Waals surface area contributed by atoms with Gasteiger partial charge in [-0.2, -0.15) is 0 Å². The molecule has 1 atom stereocenters. The zero-order valence-corrected chi connectivity index (χ0v) is 10.7. The number of halogens is 1. The lowest BCUT2D eigenvalue weighted by Gasteiger charge is -2.12. The Labute approximate surface area is 110 Å². The molecule has 2 aromatic rings.